The lowest BCUT2D eigenvalue weighted by Crippen LogP contribution is -2.48. The third-order valence-corrected chi connectivity index (χ3v) is 6.51. The highest BCUT2D eigenvalue weighted by Gasteiger charge is 2.68. The lowest BCUT2D eigenvalue weighted by atomic mass is 10.7. The van der Waals surface area contributed by atoms with Crippen molar-refractivity contribution < 1.29 is 65.3 Å². The number of rotatable bonds is 7. The molecule has 0 N–H and O–H groups in total. The van der Waals surface area contributed by atoms with Crippen molar-refractivity contribution in [2.75, 3.05) is 5.75 Å². The predicted molar refractivity (Wildman–Crippen MR) is 69.3 cm³/mol. The average Bonchev–Trinajstić information content (AvgIpc) is 2.89. The van der Waals surface area contributed by atoms with Gasteiger partial charge in [0.1, 0.15) is 18.9 Å². The molecule has 0 spiro atoms. The van der Waals surface area contributed by atoms with E-state index in [0.29, 0.717) is 23.3 Å². The van der Waals surface area contributed by atoms with Crippen LogP contribution in [0.5, 0.6) is 0 Å². The molecule has 0 saturated heterocycles. The summed E-state index contributed by atoms with van der Waals surface area (Å²) >= 11 is 0. The maximum absolute atomic E-state index is 12.9. The van der Waals surface area contributed by atoms with Gasteiger partial charge in [0.05, 0.1) is 5.75 Å². The third kappa shape index (κ3) is 4.52. The Morgan fingerprint density at radius 1 is 0.750 bits per heavy atom. The lowest BCUT2D eigenvalue weighted by Gasteiger charge is -2.19. The molecule has 0 aliphatic heterocycles. The fourth-order valence-corrected chi connectivity index (χ4v) is 3.75. The van der Waals surface area contributed by atoms with Crippen molar-refractivity contribution in [3.8, 4) is 0 Å². The molecule has 0 aliphatic carbocycles. The van der Waals surface area contributed by atoms with E-state index in [0.717, 1.165) is 0 Å². The molecule has 1 heterocycles. The average molecular weight is 475 g/mol. The van der Waals surface area contributed by atoms with Crippen molar-refractivity contribution in [3.05, 3.63) is 18.7 Å². The van der Waals surface area contributed by atoms with E-state index < -0.39 is 60.7 Å². The summed E-state index contributed by atoms with van der Waals surface area (Å²) in [5.41, 5.74) is 0. The first-order chi connectivity index (χ1) is 12.2. The summed E-state index contributed by atoms with van der Waals surface area (Å²) in [5.74, 6) is -3.72. The molecular weight excluding hydrogens is 466 g/mol. The number of hydrogen-bond donors (Lipinski definition) is 0. The molecule has 28 heavy (non-hydrogen) atoms. The molecule has 1 aromatic rings. The predicted octanol–water partition coefficient (Wildman–Crippen LogP) is 1.87. The Morgan fingerprint density at radius 3 is 1.61 bits per heavy atom. The Hall–Kier alpha value is -1.59. The van der Waals surface area contributed by atoms with Crippen molar-refractivity contribution in [1.29, 1.82) is 0 Å². The van der Waals surface area contributed by atoms with E-state index in [1.54, 1.807) is 0 Å². The third-order valence-electron chi connectivity index (χ3n) is 3.12. The van der Waals surface area contributed by atoms with E-state index in [9.17, 15) is 60.7 Å². The molecule has 1 aromatic heterocycles. The maximum atomic E-state index is 12.9. The van der Waals surface area contributed by atoms with Crippen LogP contribution in [0.2, 0.25) is 0 Å². The van der Waals surface area contributed by atoms with E-state index in [1.165, 1.54) is 0 Å². The molecule has 0 aliphatic rings. The van der Waals surface area contributed by atoms with Crippen LogP contribution in [0.3, 0.4) is 0 Å². The molecule has 0 radical (unpaired) electrons. The van der Waals surface area contributed by atoms with Crippen LogP contribution in [-0.2, 0) is 32.1 Å². The van der Waals surface area contributed by atoms with Crippen molar-refractivity contribution in [2.24, 2.45) is 0 Å². The molecule has 1 rings (SSSR count). The van der Waals surface area contributed by atoms with E-state index in [1.807, 2.05) is 0 Å². The SMILES string of the molecule is O=S(=O)(CC[n+]1ccn(CS(=O)(=O)C(F)(F)C(F)(F)F)c1)C(F)(F)C(F)(F)F. The van der Waals surface area contributed by atoms with Gasteiger partial charge in [-0.25, -0.2) is 26.0 Å². The van der Waals surface area contributed by atoms with Crippen LogP contribution >= 0.6 is 0 Å². The van der Waals surface area contributed by atoms with Crippen LogP contribution in [0, 0.1) is 0 Å². The topological polar surface area (TPSA) is 77.1 Å². The van der Waals surface area contributed by atoms with Crippen molar-refractivity contribution in [2.45, 2.75) is 35.3 Å². The van der Waals surface area contributed by atoms with Crippen LogP contribution in [0.15, 0.2) is 18.7 Å². The first-order valence-electron chi connectivity index (χ1n) is 6.54. The molecule has 164 valence electrons. The Morgan fingerprint density at radius 2 is 1.18 bits per heavy atom. The minimum atomic E-state index is -6.42. The zero-order chi connectivity index (χ0) is 22.4. The smallest absolute Gasteiger partial charge is 0.236 e. The molecule has 0 amide bonds. The van der Waals surface area contributed by atoms with Crippen LogP contribution in [0.4, 0.5) is 43.9 Å². The Kier molecular flexibility index (Phi) is 6.14. The second-order valence-electron chi connectivity index (χ2n) is 5.26. The van der Waals surface area contributed by atoms with E-state index >= 15 is 0 Å². The largest absolute Gasteiger partial charge is 0.469 e. The van der Waals surface area contributed by atoms with Crippen molar-refractivity contribution in [1.82, 2.24) is 4.57 Å². The van der Waals surface area contributed by atoms with Crippen molar-refractivity contribution >= 4 is 19.7 Å². The second kappa shape index (κ2) is 7.03. The molecule has 0 atom stereocenters. The number of alkyl halides is 10. The normalized spacial score (nSPS) is 15.1. The van der Waals surface area contributed by atoms with Gasteiger partial charge in [0.15, 0.2) is 5.88 Å². The molecular formula is C10H9F10N2O4S2+. The van der Waals surface area contributed by atoms with Gasteiger partial charge in [0.25, 0.3) is 9.84 Å². The van der Waals surface area contributed by atoms with Gasteiger partial charge in [0, 0.05) is 0 Å². The maximum Gasteiger partial charge on any atom is 0.469 e. The van der Waals surface area contributed by atoms with Gasteiger partial charge in [-0.15, -0.1) is 0 Å². The summed E-state index contributed by atoms with van der Waals surface area (Å²) < 4.78 is 170. The summed E-state index contributed by atoms with van der Waals surface area (Å²) in [7, 11) is -12.2. The van der Waals surface area contributed by atoms with Crippen LogP contribution in [0.1, 0.15) is 0 Å². The number of sulfone groups is 2. The fourth-order valence-electron chi connectivity index (χ4n) is 1.63. The van der Waals surface area contributed by atoms with Gasteiger partial charge >= 0.3 is 22.9 Å². The summed E-state index contributed by atoms with van der Waals surface area (Å²) in [6.45, 7) is -1.10. The molecule has 18 heteroatoms. The van der Waals surface area contributed by atoms with Crippen LogP contribution in [0.25, 0.3) is 0 Å². The Labute approximate surface area is 150 Å². The second-order valence-corrected chi connectivity index (χ2v) is 9.41. The van der Waals surface area contributed by atoms with Crippen LogP contribution < -0.4 is 4.57 Å². The number of aryl methyl sites for hydroxylation is 1. The summed E-state index contributed by atoms with van der Waals surface area (Å²) in [6.07, 6.45) is -11.2. The van der Waals surface area contributed by atoms with E-state index in [-0.39, 0.29) is 4.57 Å². The minimum Gasteiger partial charge on any atom is -0.236 e. The van der Waals surface area contributed by atoms with Gasteiger partial charge in [-0.05, 0) is 0 Å². The fraction of sp³-hybridized carbons (Fsp3) is 0.700. The number of nitrogens with zero attached hydrogens (tertiary/aromatic N) is 2. The standard InChI is InChI=1S/C10H9F10N2O4S2/c11-7(12,13)9(17,18)27(23,24)4-3-21-1-2-22(5-21)6-28(25,26)10(19,20)8(14,15)16/h1-2,5H,3-4,6H2/q+1. The summed E-state index contributed by atoms with van der Waals surface area (Å²) in [5, 5.41) is -12.2. The quantitative estimate of drug-likeness (QED) is 0.446. The molecule has 0 unspecified atom stereocenters. The number of halogens is 10. The van der Waals surface area contributed by atoms with Gasteiger partial charge in [0.2, 0.25) is 16.2 Å². The molecule has 0 bridgehead atoms. The van der Waals surface area contributed by atoms with Gasteiger partial charge in [-0.1, -0.05) is 0 Å². The summed E-state index contributed by atoms with van der Waals surface area (Å²) in [4.78, 5) is 0. The molecule has 0 saturated carbocycles. The Balaban J connectivity index is 2.95. The highest BCUT2D eigenvalue weighted by Crippen LogP contribution is 2.41. The molecule has 0 fully saturated rings. The zero-order valence-corrected chi connectivity index (χ0v) is 14.6. The monoisotopic (exact) mass is 475 g/mol. The number of aromatic nitrogens is 2. The highest BCUT2D eigenvalue weighted by atomic mass is 32.2. The van der Waals surface area contributed by atoms with Gasteiger partial charge in [-0.2, -0.15) is 43.9 Å². The number of imidazole rings is 1. The lowest BCUT2D eigenvalue weighted by molar-refractivity contribution is -0.692. The first kappa shape index (κ1) is 24.4. The molecule has 6 nitrogen and oxygen atoms in total. The zero-order valence-electron chi connectivity index (χ0n) is 13.0. The highest BCUT2D eigenvalue weighted by molar-refractivity contribution is 7.92. The van der Waals surface area contributed by atoms with Crippen molar-refractivity contribution in [3.63, 3.8) is 0 Å². The first-order valence-corrected chi connectivity index (χ1v) is 9.85. The number of hydrogen-bond acceptors (Lipinski definition) is 4. The van der Waals surface area contributed by atoms with E-state index in [2.05, 4.69) is 0 Å². The molecule has 0 aromatic carbocycles. The van der Waals surface area contributed by atoms with E-state index in [4.69, 9.17) is 0 Å². The van der Waals surface area contributed by atoms with Crippen LogP contribution in [-0.4, -0.2) is 50.0 Å². The van der Waals surface area contributed by atoms with Gasteiger partial charge in [-0.3, -0.25) is 0 Å². The Bertz CT molecular complexity index is 915. The summed E-state index contributed by atoms with van der Waals surface area (Å²) in [6, 6.07) is 0. The minimum absolute atomic E-state index is 0.212. The van der Waals surface area contributed by atoms with Gasteiger partial charge < -0.3 is 0 Å².